The Morgan fingerprint density at radius 3 is 1.57 bits per heavy atom. The van der Waals surface area contributed by atoms with E-state index in [1.807, 2.05) is 6.92 Å². The second-order valence-corrected chi connectivity index (χ2v) is 8.13. The topological polar surface area (TPSA) is 93.0 Å². The predicted molar refractivity (Wildman–Crippen MR) is 126 cm³/mol. The van der Waals surface area contributed by atoms with Crippen molar-refractivity contribution in [1.82, 2.24) is 9.97 Å². The van der Waals surface area contributed by atoms with Crippen LogP contribution in [-0.2, 0) is 0 Å². The number of rotatable bonds is 20. The van der Waals surface area contributed by atoms with Gasteiger partial charge < -0.3 is 10.6 Å². The quantitative estimate of drug-likeness (QED) is 0.132. The van der Waals surface area contributed by atoms with E-state index in [-0.39, 0.29) is 5.69 Å². The van der Waals surface area contributed by atoms with Crippen molar-refractivity contribution in [3.8, 4) is 0 Å². The van der Waals surface area contributed by atoms with E-state index in [0.29, 0.717) is 24.7 Å². The summed E-state index contributed by atoms with van der Waals surface area (Å²) in [5.41, 5.74) is -0.0590. The zero-order valence-corrected chi connectivity index (χ0v) is 19.3. The van der Waals surface area contributed by atoms with E-state index in [9.17, 15) is 10.1 Å². The highest BCUT2D eigenvalue weighted by molar-refractivity contribution is 5.69. The standard InChI is InChI=1S/C23H43N5O2/c1-3-5-6-7-8-9-10-11-12-13-14-15-16-17-19-25-23-21(28(29)30)22(24-18-4-2)26-20-27-23/h20H,3-19H2,1-2H3,(H2,24,25,26,27). The van der Waals surface area contributed by atoms with Crippen LogP contribution in [0, 0.1) is 10.1 Å². The van der Waals surface area contributed by atoms with Gasteiger partial charge in [0.2, 0.25) is 11.6 Å². The first-order chi connectivity index (χ1) is 14.7. The predicted octanol–water partition coefficient (Wildman–Crippen LogP) is 7.10. The first-order valence-corrected chi connectivity index (χ1v) is 12.2. The van der Waals surface area contributed by atoms with Gasteiger partial charge in [0, 0.05) is 13.1 Å². The first kappa shape index (κ1) is 26.1. The molecule has 30 heavy (non-hydrogen) atoms. The van der Waals surface area contributed by atoms with Gasteiger partial charge in [-0.05, 0) is 12.8 Å². The Morgan fingerprint density at radius 1 is 0.700 bits per heavy atom. The second-order valence-electron chi connectivity index (χ2n) is 8.13. The third-order valence-electron chi connectivity index (χ3n) is 5.37. The molecule has 1 aromatic rings. The van der Waals surface area contributed by atoms with Crippen LogP contribution in [0.1, 0.15) is 110 Å². The number of nitrogens with zero attached hydrogens (tertiary/aromatic N) is 3. The van der Waals surface area contributed by atoms with Crippen LogP contribution in [0.3, 0.4) is 0 Å². The molecule has 1 aromatic heterocycles. The average molecular weight is 422 g/mol. The van der Waals surface area contributed by atoms with Gasteiger partial charge in [0.1, 0.15) is 6.33 Å². The maximum absolute atomic E-state index is 11.4. The van der Waals surface area contributed by atoms with E-state index in [4.69, 9.17) is 0 Å². The van der Waals surface area contributed by atoms with Crippen LogP contribution in [0.5, 0.6) is 0 Å². The van der Waals surface area contributed by atoms with Gasteiger partial charge in [-0.15, -0.1) is 0 Å². The summed E-state index contributed by atoms with van der Waals surface area (Å²) in [7, 11) is 0. The molecule has 1 rings (SSSR count). The fourth-order valence-electron chi connectivity index (χ4n) is 3.58. The zero-order valence-electron chi connectivity index (χ0n) is 19.3. The molecule has 0 saturated carbocycles. The lowest BCUT2D eigenvalue weighted by Gasteiger charge is -2.09. The van der Waals surface area contributed by atoms with Crippen LogP contribution in [-0.4, -0.2) is 28.0 Å². The number of aromatic nitrogens is 2. The Hall–Kier alpha value is -1.92. The largest absolute Gasteiger partial charge is 0.364 e. The SMILES string of the molecule is CCCCCCCCCCCCCCCCNc1ncnc(NCCC)c1[N+](=O)[O-]. The van der Waals surface area contributed by atoms with Crippen LogP contribution >= 0.6 is 0 Å². The van der Waals surface area contributed by atoms with Gasteiger partial charge in [-0.2, -0.15) is 0 Å². The summed E-state index contributed by atoms with van der Waals surface area (Å²) in [6.45, 7) is 5.62. The summed E-state index contributed by atoms with van der Waals surface area (Å²) in [6.07, 6.45) is 20.7. The molecule has 0 saturated heterocycles. The molecule has 0 aliphatic heterocycles. The highest BCUT2D eigenvalue weighted by Gasteiger charge is 2.22. The molecule has 0 fully saturated rings. The highest BCUT2D eigenvalue weighted by Crippen LogP contribution is 2.28. The molecule has 7 heteroatoms. The Bertz CT molecular complexity index is 569. The van der Waals surface area contributed by atoms with E-state index in [1.54, 1.807) is 0 Å². The van der Waals surface area contributed by atoms with E-state index in [2.05, 4.69) is 27.5 Å². The number of hydrogen-bond acceptors (Lipinski definition) is 6. The van der Waals surface area contributed by atoms with Gasteiger partial charge in [0.15, 0.2) is 0 Å². The maximum atomic E-state index is 11.4. The van der Waals surface area contributed by atoms with Crippen molar-refractivity contribution < 1.29 is 4.92 Å². The van der Waals surface area contributed by atoms with Gasteiger partial charge in [0.25, 0.3) is 0 Å². The number of anilines is 2. The molecule has 0 aromatic carbocycles. The highest BCUT2D eigenvalue weighted by atomic mass is 16.6. The number of nitrogens with one attached hydrogen (secondary N) is 2. The monoisotopic (exact) mass is 421 g/mol. The molecule has 0 radical (unpaired) electrons. The van der Waals surface area contributed by atoms with Crippen molar-refractivity contribution in [3.63, 3.8) is 0 Å². The van der Waals surface area contributed by atoms with Gasteiger partial charge in [-0.1, -0.05) is 97.3 Å². The Morgan fingerprint density at radius 2 is 1.13 bits per heavy atom. The van der Waals surface area contributed by atoms with Gasteiger partial charge in [0.05, 0.1) is 4.92 Å². The van der Waals surface area contributed by atoms with Crippen LogP contribution in [0.15, 0.2) is 6.33 Å². The summed E-state index contributed by atoms with van der Waals surface area (Å²) in [5, 5.41) is 17.5. The Kier molecular flexibility index (Phi) is 15.6. The third-order valence-corrected chi connectivity index (χ3v) is 5.37. The minimum absolute atomic E-state index is 0.0590. The number of nitro groups is 1. The van der Waals surface area contributed by atoms with Crippen molar-refractivity contribution in [2.45, 2.75) is 110 Å². The molecule has 0 atom stereocenters. The Labute approximate surface area is 183 Å². The molecule has 1 heterocycles. The second kappa shape index (κ2) is 17.9. The molecule has 7 nitrogen and oxygen atoms in total. The van der Waals surface area contributed by atoms with E-state index < -0.39 is 4.92 Å². The molecule has 0 spiro atoms. The van der Waals surface area contributed by atoms with Gasteiger partial charge in [-0.25, -0.2) is 9.97 Å². The van der Waals surface area contributed by atoms with Crippen LogP contribution in [0.2, 0.25) is 0 Å². The molecule has 0 aliphatic carbocycles. The van der Waals surface area contributed by atoms with Crippen molar-refractivity contribution >= 4 is 17.3 Å². The van der Waals surface area contributed by atoms with Gasteiger partial charge >= 0.3 is 5.69 Å². The van der Waals surface area contributed by atoms with Crippen LogP contribution in [0.4, 0.5) is 17.3 Å². The zero-order chi connectivity index (χ0) is 21.9. The molecule has 0 unspecified atom stereocenters. The summed E-state index contributed by atoms with van der Waals surface area (Å²) in [5.74, 6) is 0.601. The van der Waals surface area contributed by atoms with E-state index >= 15 is 0 Å². The molecule has 172 valence electrons. The van der Waals surface area contributed by atoms with E-state index in [0.717, 1.165) is 19.3 Å². The minimum atomic E-state index is -0.411. The average Bonchev–Trinajstić information content (AvgIpc) is 2.74. The first-order valence-electron chi connectivity index (χ1n) is 12.2. The minimum Gasteiger partial charge on any atom is -0.364 e. The van der Waals surface area contributed by atoms with E-state index in [1.165, 1.54) is 83.4 Å². The van der Waals surface area contributed by atoms with Crippen molar-refractivity contribution in [3.05, 3.63) is 16.4 Å². The molecule has 0 bridgehead atoms. The van der Waals surface area contributed by atoms with Crippen molar-refractivity contribution in [2.75, 3.05) is 23.7 Å². The summed E-state index contributed by atoms with van der Waals surface area (Å²) >= 11 is 0. The van der Waals surface area contributed by atoms with Crippen molar-refractivity contribution in [1.29, 1.82) is 0 Å². The molecular formula is C23H43N5O2. The lowest BCUT2D eigenvalue weighted by atomic mass is 10.0. The summed E-state index contributed by atoms with van der Waals surface area (Å²) < 4.78 is 0. The molecular weight excluding hydrogens is 378 g/mol. The number of unbranched alkanes of at least 4 members (excludes halogenated alkanes) is 13. The summed E-state index contributed by atoms with van der Waals surface area (Å²) in [6, 6.07) is 0. The van der Waals surface area contributed by atoms with Crippen LogP contribution in [0.25, 0.3) is 0 Å². The lowest BCUT2D eigenvalue weighted by molar-refractivity contribution is -0.383. The van der Waals surface area contributed by atoms with Gasteiger partial charge in [-0.3, -0.25) is 10.1 Å². The van der Waals surface area contributed by atoms with Crippen molar-refractivity contribution in [2.24, 2.45) is 0 Å². The molecule has 0 amide bonds. The maximum Gasteiger partial charge on any atom is 0.353 e. The fourth-order valence-corrected chi connectivity index (χ4v) is 3.58. The third kappa shape index (κ3) is 11.9. The smallest absolute Gasteiger partial charge is 0.353 e. The fraction of sp³-hybridized carbons (Fsp3) is 0.826. The molecule has 0 aliphatic rings. The normalized spacial score (nSPS) is 10.9. The number of hydrogen-bond donors (Lipinski definition) is 2. The van der Waals surface area contributed by atoms with Crippen LogP contribution < -0.4 is 10.6 Å². The Balaban J connectivity index is 2.07. The lowest BCUT2D eigenvalue weighted by Crippen LogP contribution is -2.11. The molecule has 2 N–H and O–H groups in total. The summed E-state index contributed by atoms with van der Waals surface area (Å²) in [4.78, 5) is 19.1.